The highest BCUT2D eigenvalue weighted by Gasteiger charge is 2.02. The third-order valence-electron chi connectivity index (χ3n) is 1.77. The van der Waals surface area contributed by atoms with Gasteiger partial charge in [-0.3, -0.25) is 0 Å². The number of hydrogen-bond acceptors (Lipinski definition) is 3. The molecule has 0 bridgehead atoms. The van der Waals surface area contributed by atoms with Gasteiger partial charge in [-0.15, -0.1) is 0 Å². The molecule has 0 radical (unpaired) electrons. The van der Waals surface area contributed by atoms with E-state index in [1.165, 1.54) is 12.3 Å². The molecule has 0 amide bonds. The number of aromatic nitrogens is 1. The van der Waals surface area contributed by atoms with E-state index in [2.05, 4.69) is 4.98 Å². The lowest BCUT2D eigenvalue weighted by atomic mass is 10.3. The predicted molar refractivity (Wildman–Crippen MR) is 57.4 cm³/mol. The summed E-state index contributed by atoms with van der Waals surface area (Å²) in [5.74, 6) is 1.03. The zero-order chi connectivity index (χ0) is 10.7. The molecule has 0 saturated carbocycles. The van der Waals surface area contributed by atoms with Gasteiger partial charge in [0.1, 0.15) is 11.5 Å². The number of rotatable bonds is 2. The lowest BCUT2D eigenvalue weighted by molar-refractivity contribution is 0.447. The minimum atomic E-state index is 0.0986. The van der Waals surface area contributed by atoms with Crippen molar-refractivity contribution in [2.45, 2.75) is 0 Å². The second-order valence-corrected chi connectivity index (χ2v) is 3.29. The fraction of sp³-hybridized carbons (Fsp3) is 0. The molecule has 3 nitrogen and oxygen atoms in total. The summed E-state index contributed by atoms with van der Waals surface area (Å²) in [7, 11) is 0. The normalized spacial score (nSPS) is 9.93. The van der Waals surface area contributed by atoms with Crippen LogP contribution in [0.25, 0.3) is 0 Å². The molecular weight excluding hydrogens is 214 g/mol. The first-order chi connectivity index (χ1) is 7.25. The number of hydrogen-bond donors (Lipinski definition) is 1. The maximum Gasteiger partial charge on any atom is 0.219 e. The Morgan fingerprint density at radius 1 is 1.13 bits per heavy atom. The first-order valence-corrected chi connectivity index (χ1v) is 4.71. The van der Waals surface area contributed by atoms with Crippen molar-refractivity contribution in [3.63, 3.8) is 0 Å². The summed E-state index contributed by atoms with van der Waals surface area (Å²) in [6.45, 7) is 0. The van der Waals surface area contributed by atoms with Crippen LogP contribution in [-0.2, 0) is 0 Å². The minimum absolute atomic E-state index is 0.0986. The smallest absolute Gasteiger partial charge is 0.219 e. The van der Waals surface area contributed by atoms with E-state index < -0.39 is 0 Å². The van der Waals surface area contributed by atoms with Crippen molar-refractivity contribution in [1.29, 1.82) is 0 Å². The fourth-order valence-corrected chi connectivity index (χ4v) is 1.25. The summed E-state index contributed by atoms with van der Waals surface area (Å²) in [6, 6.07) is 10.2. The number of nitrogens with zero attached hydrogens (tertiary/aromatic N) is 1. The summed E-state index contributed by atoms with van der Waals surface area (Å²) in [4.78, 5) is 3.88. The average molecular weight is 222 g/mol. The van der Waals surface area contributed by atoms with Crippen LogP contribution in [0, 0.1) is 0 Å². The SMILES string of the molecule is Oc1ccc(Oc2ccccc2Cl)nc1. The monoisotopic (exact) mass is 221 g/mol. The number of aromatic hydroxyl groups is 1. The van der Waals surface area contributed by atoms with Crippen molar-refractivity contribution < 1.29 is 9.84 Å². The second-order valence-electron chi connectivity index (χ2n) is 2.89. The number of halogens is 1. The molecule has 76 valence electrons. The highest BCUT2D eigenvalue weighted by molar-refractivity contribution is 6.32. The largest absolute Gasteiger partial charge is 0.506 e. The molecule has 0 aliphatic rings. The van der Waals surface area contributed by atoms with Gasteiger partial charge in [-0.25, -0.2) is 4.98 Å². The van der Waals surface area contributed by atoms with E-state index >= 15 is 0 Å². The van der Waals surface area contributed by atoms with Gasteiger partial charge in [0.25, 0.3) is 0 Å². The van der Waals surface area contributed by atoms with Crippen molar-refractivity contribution in [1.82, 2.24) is 4.98 Å². The van der Waals surface area contributed by atoms with Gasteiger partial charge in [-0.05, 0) is 18.2 Å². The third-order valence-corrected chi connectivity index (χ3v) is 2.08. The molecule has 15 heavy (non-hydrogen) atoms. The molecular formula is C11H8ClNO2. The van der Waals surface area contributed by atoms with Crippen LogP contribution in [0.2, 0.25) is 5.02 Å². The Morgan fingerprint density at radius 3 is 2.60 bits per heavy atom. The molecule has 0 aliphatic heterocycles. The lowest BCUT2D eigenvalue weighted by Gasteiger charge is -2.05. The summed E-state index contributed by atoms with van der Waals surface area (Å²) in [5.41, 5.74) is 0. The molecule has 0 saturated heterocycles. The van der Waals surface area contributed by atoms with E-state index in [4.69, 9.17) is 21.4 Å². The van der Waals surface area contributed by atoms with Gasteiger partial charge in [0.15, 0.2) is 0 Å². The molecule has 4 heteroatoms. The van der Waals surface area contributed by atoms with Gasteiger partial charge in [0, 0.05) is 6.07 Å². The molecule has 0 unspecified atom stereocenters. The van der Waals surface area contributed by atoms with Crippen LogP contribution in [-0.4, -0.2) is 10.1 Å². The quantitative estimate of drug-likeness (QED) is 0.847. The molecule has 0 aliphatic carbocycles. The van der Waals surface area contributed by atoms with Crippen molar-refractivity contribution in [2.75, 3.05) is 0 Å². The lowest BCUT2D eigenvalue weighted by Crippen LogP contribution is -1.87. The van der Waals surface area contributed by atoms with Gasteiger partial charge in [-0.1, -0.05) is 23.7 Å². The highest BCUT2D eigenvalue weighted by atomic mass is 35.5. The van der Waals surface area contributed by atoms with Crippen LogP contribution in [0.15, 0.2) is 42.6 Å². The van der Waals surface area contributed by atoms with E-state index in [0.29, 0.717) is 16.7 Å². The number of pyridine rings is 1. The standard InChI is InChI=1S/C11H8ClNO2/c12-9-3-1-2-4-10(9)15-11-6-5-8(14)7-13-11/h1-7,14H. The van der Waals surface area contributed by atoms with E-state index in [-0.39, 0.29) is 5.75 Å². The first kappa shape index (κ1) is 9.80. The Bertz CT molecular complexity index is 456. The van der Waals surface area contributed by atoms with Crippen molar-refractivity contribution in [2.24, 2.45) is 0 Å². The van der Waals surface area contributed by atoms with Gasteiger partial charge < -0.3 is 9.84 Å². The van der Waals surface area contributed by atoms with E-state index in [9.17, 15) is 0 Å². The Hall–Kier alpha value is -1.74. The Labute approximate surface area is 91.9 Å². The minimum Gasteiger partial charge on any atom is -0.506 e. The molecule has 0 spiro atoms. The summed E-state index contributed by atoms with van der Waals surface area (Å²) in [6.07, 6.45) is 1.31. The second kappa shape index (κ2) is 4.19. The van der Waals surface area contributed by atoms with E-state index in [1.54, 1.807) is 18.2 Å². The molecule has 2 aromatic rings. The van der Waals surface area contributed by atoms with Crippen LogP contribution in [0.4, 0.5) is 0 Å². The van der Waals surface area contributed by atoms with E-state index in [0.717, 1.165) is 0 Å². The molecule has 0 fully saturated rings. The summed E-state index contributed by atoms with van der Waals surface area (Å²) in [5, 5.41) is 9.55. The Morgan fingerprint density at radius 2 is 1.93 bits per heavy atom. The Kier molecular flexibility index (Phi) is 2.74. The maximum atomic E-state index is 9.03. The molecule has 1 aromatic carbocycles. The number of benzene rings is 1. The molecule has 1 aromatic heterocycles. The topological polar surface area (TPSA) is 42.4 Å². The molecule has 1 heterocycles. The van der Waals surface area contributed by atoms with Crippen LogP contribution in [0.5, 0.6) is 17.4 Å². The zero-order valence-electron chi connectivity index (χ0n) is 7.72. The van der Waals surface area contributed by atoms with Gasteiger partial charge in [0.2, 0.25) is 5.88 Å². The van der Waals surface area contributed by atoms with Gasteiger partial charge in [0.05, 0.1) is 11.2 Å². The van der Waals surface area contributed by atoms with Gasteiger partial charge in [-0.2, -0.15) is 0 Å². The van der Waals surface area contributed by atoms with Crippen molar-refractivity contribution in [3.05, 3.63) is 47.6 Å². The molecule has 2 rings (SSSR count). The van der Waals surface area contributed by atoms with Crippen LogP contribution in [0.1, 0.15) is 0 Å². The van der Waals surface area contributed by atoms with Crippen molar-refractivity contribution in [3.8, 4) is 17.4 Å². The Balaban J connectivity index is 2.22. The van der Waals surface area contributed by atoms with Crippen LogP contribution < -0.4 is 4.74 Å². The van der Waals surface area contributed by atoms with Crippen LogP contribution >= 0.6 is 11.6 Å². The first-order valence-electron chi connectivity index (χ1n) is 4.33. The third kappa shape index (κ3) is 2.39. The number of ether oxygens (including phenoxy) is 1. The molecule has 1 N–H and O–H groups in total. The molecule has 0 atom stereocenters. The van der Waals surface area contributed by atoms with Crippen LogP contribution in [0.3, 0.4) is 0 Å². The number of para-hydroxylation sites is 1. The maximum absolute atomic E-state index is 9.03. The summed E-state index contributed by atoms with van der Waals surface area (Å²) >= 11 is 5.90. The summed E-state index contributed by atoms with van der Waals surface area (Å²) < 4.78 is 5.41. The zero-order valence-corrected chi connectivity index (χ0v) is 8.48. The van der Waals surface area contributed by atoms with Gasteiger partial charge >= 0.3 is 0 Å². The fourth-order valence-electron chi connectivity index (χ4n) is 1.07. The van der Waals surface area contributed by atoms with Crippen molar-refractivity contribution >= 4 is 11.6 Å². The van der Waals surface area contributed by atoms with E-state index in [1.807, 2.05) is 12.1 Å². The predicted octanol–water partition coefficient (Wildman–Crippen LogP) is 3.23. The average Bonchev–Trinajstić information content (AvgIpc) is 2.25. The highest BCUT2D eigenvalue weighted by Crippen LogP contribution is 2.27.